The molecule has 1 aromatic heterocycles. The number of rotatable bonds is 7. The lowest BCUT2D eigenvalue weighted by atomic mass is 9.50. The lowest BCUT2D eigenvalue weighted by molar-refractivity contribution is -0.258. The van der Waals surface area contributed by atoms with Gasteiger partial charge in [0.15, 0.2) is 11.9 Å². The van der Waals surface area contributed by atoms with Crippen LogP contribution >= 0.6 is 34.8 Å². The second kappa shape index (κ2) is 16.6. The van der Waals surface area contributed by atoms with Gasteiger partial charge >= 0.3 is 11.9 Å². The van der Waals surface area contributed by atoms with Gasteiger partial charge in [0.25, 0.3) is 5.91 Å². The van der Waals surface area contributed by atoms with Crippen molar-refractivity contribution in [1.82, 2.24) is 10.3 Å². The van der Waals surface area contributed by atoms with Gasteiger partial charge in [-0.05, 0) is 82.5 Å². The highest BCUT2D eigenvalue weighted by atomic mass is 35.5. The van der Waals surface area contributed by atoms with Crippen LogP contribution in [-0.2, 0) is 28.6 Å². The van der Waals surface area contributed by atoms with Crippen LogP contribution in [-0.4, -0.2) is 80.2 Å². The predicted octanol–water partition coefficient (Wildman–Crippen LogP) is 8.45. The van der Waals surface area contributed by atoms with Crippen LogP contribution in [0.5, 0.6) is 0 Å². The highest BCUT2D eigenvalue weighted by molar-refractivity contribution is 6.49. The summed E-state index contributed by atoms with van der Waals surface area (Å²) in [5.41, 5.74) is -4.18. The average molecular weight is 878 g/mol. The maximum Gasteiger partial charge on any atom is 0.346 e. The third-order valence-electron chi connectivity index (χ3n) is 14.6. The number of carboxylic acids is 1. The van der Waals surface area contributed by atoms with E-state index in [0.29, 0.717) is 32.1 Å². The first-order valence-corrected chi connectivity index (χ1v) is 22.1. The predicted molar refractivity (Wildman–Crippen MR) is 221 cm³/mol. The van der Waals surface area contributed by atoms with Gasteiger partial charge in [0, 0.05) is 29.7 Å². The van der Waals surface area contributed by atoms with E-state index in [-0.39, 0.29) is 74.3 Å². The number of H-pyrrole nitrogens is 1. The summed E-state index contributed by atoms with van der Waals surface area (Å²) < 4.78 is 19.3. The van der Waals surface area contributed by atoms with Gasteiger partial charge in [0.1, 0.15) is 22.2 Å². The summed E-state index contributed by atoms with van der Waals surface area (Å²) in [7, 11) is 0. The number of aliphatic carboxylic acids is 1. The molecular formula is C44H55Cl3N2O10. The van der Waals surface area contributed by atoms with Crippen LogP contribution in [0.15, 0.2) is 47.3 Å². The fourth-order valence-electron chi connectivity index (χ4n) is 11.3. The van der Waals surface area contributed by atoms with Crippen molar-refractivity contribution in [3.8, 4) is 0 Å². The molecule has 13 atom stereocenters. The number of hydrogen-bond acceptors (Lipinski definition) is 9. The molecule has 6 aliphatic rings. The Hall–Kier alpha value is -3.13. The van der Waals surface area contributed by atoms with Gasteiger partial charge in [-0.25, -0.2) is 9.59 Å². The number of carboxylic acid groups (broad SMARTS) is 1. The number of aliphatic hydroxyl groups is 2. The maximum atomic E-state index is 15.1. The number of hydrogen-bond donors (Lipinski definition) is 5. The van der Waals surface area contributed by atoms with Crippen LogP contribution in [0.25, 0.3) is 0 Å². The molecule has 5 N–H and O–H groups in total. The third kappa shape index (κ3) is 7.21. The van der Waals surface area contributed by atoms with E-state index in [1.165, 1.54) is 0 Å². The smallest absolute Gasteiger partial charge is 0.346 e. The van der Waals surface area contributed by atoms with Crippen LogP contribution in [0.4, 0.5) is 0 Å². The lowest BCUT2D eigenvalue weighted by Gasteiger charge is -2.55. The summed E-state index contributed by atoms with van der Waals surface area (Å²) in [6, 6.07) is -0.800. The molecule has 1 aromatic rings. The van der Waals surface area contributed by atoms with Crippen LogP contribution in [0.1, 0.15) is 109 Å². The number of allylic oxidation sites excluding steroid dienone is 3. The Morgan fingerprint density at radius 2 is 1.81 bits per heavy atom. The Labute approximate surface area is 359 Å². The highest BCUT2D eigenvalue weighted by Gasteiger charge is 2.67. The molecule has 1 saturated carbocycles. The Kier molecular flexibility index (Phi) is 12.4. The Morgan fingerprint density at radius 1 is 1.07 bits per heavy atom. The number of aromatic amines is 1. The van der Waals surface area contributed by atoms with Gasteiger partial charge in [-0.2, -0.15) is 0 Å². The average Bonchev–Trinajstić information content (AvgIpc) is 3.60. The van der Waals surface area contributed by atoms with E-state index >= 15 is 4.79 Å². The molecule has 322 valence electrons. The fourth-order valence-corrected chi connectivity index (χ4v) is 12.0. The quantitative estimate of drug-likeness (QED) is 0.101. The van der Waals surface area contributed by atoms with Gasteiger partial charge < -0.3 is 39.8 Å². The molecule has 7 rings (SSSR count). The summed E-state index contributed by atoms with van der Waals surface area (Å²) in [5.74, 6) is -4.60. The van der Waals surface area contributed by atoms with Crippen molar-refractivity contribution in [2.75, 3.05) is 0 Å². The van der Waals surface area contributed by atoms with E-state index in [2.05, 4.69) is 29.4 Å². The SMILES string of the molecule is CC[C@H]1C[C@]23OC(=O)C(=C(O)[C@]4(CC)[C@@H](C=C[C@@H]5[C@@H](O[C@H]6C[C@@H](O)[C@H](NC(=O)c7[nH]c(Cl)c(Cl)c7Cl)[C@@H](C)O6)[C@@H](C)CC[C@@H]54)CCCC/C=C/[C@@]2(C)C=C1C(=O)O)C3=O. The molecule has 2 bridgehead atoms. The normalized spacial score (nSPS) is 40.3. The van der Waals surface area contributed by atoms with E-state index in [1.54, 1.807) is 19.9 Å². The number of ketones is 1. The van der Waals surface area contributed by atoms with Crippen molar-refractivity contribution in [1.29, 1.82) is 0 Å². The number of carbonyl (C=O) groups excluding carboxylic acids is 3. The van der Waals surface area contributed by atoms with Crippen LogP contribution < -0.4 is 5.32 Å². The van der Waals surface area contributed by atoms with E-state index in [4.69, 9.17) is 49.0 Å². The van der Waals surface area contributed by atoms with Crippen LogP contribution in [0.3, 0.4) is 0 Å². The molecule has 2 aliphatic heterocycles. The number of Topliss-reactive ketones (excluding diaryl/α,β-unsaturated/α-hetero) is 1. The standard InChI is InChI=1S/C44H55Cl3N2O10/c1-6-23-19-44-37(52)30(41(56)59-44)36(51)43(7-2)24(12-10-8-9-11-17-42(44,5)20-26(23)40(54)55)14-15-25-27(43)16-13-21(3)35(25)58-29-18-28(50)33(22(4)57-29)49-39(53)34-31(45)32(46)38(47)48-34/h11,14-15,17,20-25,27-29,33,35,48,50-51H,6-10,12-13,16,18-19H2,1-5H3,(H,49,53)(H,54,55)/b17-11+,36-30?/t21-,22+,23-,24+,25-,27-,28+,29-,33+,35-,42-,43+,44+/m0/s1. The molecule has 0 aromatic carbocycles. The number of esters is 1. The number of amides is 1. The van der Waals surface area contributed by atoms with Gasteiger partial charge in [-0.15, -0.1) is 0 Å². The second-order valence-electron chi connectivity index (χ2n) is 17.7. The molecule has 2 saturated heterocycles. The zero-order valence-electron chi connectivity index (χ0n) is 34.1. The number of ether oxygens (including phenoxy) is 3. The molecule has 1 amide bonds. The summed E-state index contributed by atoms with van der Waals surface area (Å²) in [6.07, 6.45) is 12.1. The molecular weight excluding hydrogens is 823 g/mol. The summed E-state index contributed by atoms with van der Waals surface area (Å²) in [6.45, 7) is 9.43. The first-order valence-electron chi connectivity index (χ1n) is 21.0. The van der Waals surface area contributed by atoms with Gasteiger partial charge in [0.05, 0.1) is 39.8 Å². The minimum atomic E-state index is -1.72. The first-order chi connectivity index (χ1) is 27.9. The minimum absolute atomic E-state index is 0.00955. The second-order valence-corrected chi connectivity index (χ2v) is 18.8. The van der Waals surface area contributed by atoms with E-state index in [0.717, 1.165) is 19.3 Å². The molecule has 15 heteroatoms. The largest absolute Gasteiger partial charge is 0.511 e. The Morgan fingerprint density at radius 3 is 2.46 bits per heavy atom. The van der Waals surface area contributed by atoms with Crippen molar-refractivity contribution in [3.05, 3.63) is 68.2 Å². The van der Waals surface area contributed by atoms with Crippen molar-refractivity contribution in [3.63, 3.8) is 0 Å². The van der Waals surface area contributed by atoms with Crippen molar-refractivity contribution < 1.29 is 48.7 Å². The monoisotopic (exact) mass is 876 g/mol. The number of carbonyl (C=O) groups is 4. The Balaban J connectivity index is 1.21. The van der Waals surface area contributed by atoms with Gasteiger partial charge in [-0.3, -0.25) is 9.59 Å². The molecule has 4 aliphatic carbocycles. The molecule has 3 heterocycles. The van der Waals surface area contributed by atoms with E-state index in [1.807, 2.05) is 26.0 Å². The van der Waals surface area contributed by atoms with Crippen LogP contribution in [0.2, 0.25) is 15.2 Å². The Bertz CT molecular complexity index is 2000. The molecule has 0 radical (unpaired) electrons. The molecule has 59 heavy (non-hydrogen) atoms. The summed E-state index contributed by atoms with van der Waals surface area (Å²) >= 11 is 18.3. The highest BCUT2D eigenvalue weighted by Crippen LogP contribution is 2.61. The van der Waals surface area contributed by atoms with Gasteiger partial charge in [-0.1, -0.05) is 92.4 Å². The van der Waals surface area contributed by atoms with Crippen molar-refractivity contribution in [2.24, 2.45) is 40.4 Å². The summed E-state index contributed by atoms with van der Waals surface area (Å²) in [5, 5.41) is 37.1. The molecule has 3 fully saturated rings. The van der Waals surface area contributed by atoms with E-state index in [9.17, 15) is 29.7 Å². The number of halogens is 3. The number of aromatic nitrogens is 1. The minimum Gasteiger partial charge on any atom is -0.511 e. The van der Waals surface area contributed by atoms with Crippen molar-refractivity contribution in [2.45, 2.75) is 135 Å². The third-order valence-corrected chi connectivity index (χ3v) is 15.8. The van der Waals surface area contributed by atoms with Gasteiger partial charge in [0.2, 0.25) is 5.78 Å². The first kappa shape index (κ1) is 43.9. The maximum absolute atomic E-state index is 15.1. The fraction of sp³-hybridized carbons (Fsp3) is 0.636. The number of nitrogens with one attached hydrogen (secondary N) is 2. The summed E-state index contributed by atoms with van der Waals surface area (Å²) in [4.78, 5) is 57.5. The van der Waals surface area contributed by atoms with Crippen LogP contribution in [0, 0.1) is 40.4 Å². The van der Waals surface area contributed by atoms with Crippen molar-refractivity contribution >= 4 is 58.4 Å². The number of aliphatic hydroxyl groups excluding tert-OH is 2. The zero-order valence-corrected chi connectivity index (χ0v) is 36.3. The molecule has 0 unspecified atom stereocenters. The molecule has 1 spiro atoms. The zero-order chi connectivity index (χ0) is 42.8. The lowest BCUT2D eigenvalue weighted by Crippen LogP contribution is -2.58. The number of fused-ring (bicyclic) bond motifs is 4. The molecule has 12 nitrogen and oxygen atoms in total. The topological polar surface area (TPSA) is 184 Å². The van der Waals surface area contributed by atoms with E-state index < -0.39 is 76.6 Å².